The molecule has 0 aromatic heterocycles. The summed E-state index contributed by atoms with van der Waals surface area (Å²) < 4.78 is 0. The third-order valence-corrected chi connectivity index (χ3v) is 3.80. The molecule has 1 saturated carbocycles. The Kier molecular flexibility index (Phi) is 2.40. The molecule has 0 unspecified atom stereocenters. The van der Waals surface area contributed by atoms with Crippen molar-refractivity contribution in [2.45, 2.75) is 58.0 Å². The van der Waals surface area contributed by atoms with E-state index >= 15 is 0 Å². The molecule has 1 aliphatic carbocycles. The molecule has 1 nitrogen and oxygen atoms in total. The van der Waals surface area contributed by atoms with Gasteiger partial charge in [0, 0.05) is 12.1 Å². The quantitative estimate of drug-likeness (QED) is 0.584. The summed E-state index contributed by atoms with van der Waals surface area (Å²) in [6.45, 7) is 4.75. The van der Waals surface area contributed by atoms with Crippen molar-refractivity contribution in [3.8, 4) is 0 Å². The first kappa shape index (κ1) is 8.55. The maximum absolute atomic E-state index is 3.77. The van der Waals surface area contributed by atoms with Gasteiger partial charge in [-0.25, -0.2) is 0 Å². The first-order chi connectivity index (χ1) is 5.77. The summed E-state index contributed by atoms with van der Waals surface area (Å²) >= 11 is 0. The van der Waals surface area contributed by atoms with E-state index in [4.69, 9.17) is 0 Å². The van der Waals surface area contributed by atoms with Crippen LogP contribution in [0.25, 0.3) is 0 Å². The SMILES string of the molecule is C[C@@H]1CC[C@H]2CCC[C@@H](C)[C@@H]2N1. The predicted molar refractivity (Wildman–Crippen MR) is 52.1 cm³/mol. The van der Waals surface area contributed by atoms with E-state index in [0.717, 1.165) is 23.9 Å². The summed E-state index contributed by atoms with van der Waals surface area (Å²) in [6.07, 6.45) is 7.27. The van der Waals surface area contributed by atoms with E-state index < -0.39 is 0 Å². The minimum atomic E-state index is 0.770. The molecule has 2 aliphatic rings. The van der Waals surface area contributed by atoms with Crippen LogP contribution in [0.2, 0.25) is 0 Å². The Morgan fingerprint density at radius 3 is 2.67 bits per heavy atom. The number of hydrogen-bond acceptors (Lipinski definition) is 1. The van der Waals surface area contributed by atoms with Crippen LogP contribution in [0.4, 0.5) is 0 Å². The molecule has 1 aliphatic heterocycles. The molecule has 12 heavy (non-hydrogen) atoms. The van der Waals surface area contributed by atoms with Crippen molar-refractivity contribution in [1.29, 1.82) is 0 Å². The smallest absolute Gasteiger partial charge is 0.0123 e. The van der Waals surface area contributed by atoms with Crippen LogP contribution in [0.5, 0.6) is 0 Å². The molecule has 0 amide bonds. The first-order valence-electron chi connectivity index (χ1n) is 5.53. The van der Waals surface area contributed by atoms with Gasteiger partial charge >= 0.3 is 0 Å². The molecule has 1 N–H and O–H groups in total. The molecule has 70 valence electrons. The van der Waals surface area contributed by atoms with Gasteiger partial charge in [0.1, 0.15) is 0 Å². The number of fused-ring (bicyclic) bond motifs is 1. The third-order valence-electron chi connectivity index (χ3n) is 3.80. The van der Waals surface area contributed by atoms with Gasteiger partial charge < -0.3 is 5.32 Å². The topological polar surface area (TPSA) is 12.0 Å². The Hall–Kier alpha value is -0.0400. The second-order valence-corrected chi connectivity index (χ2v) is 4.84. The van der Waals surface area contributed by atoms with Crippen LogP contribution in [0, 0.1) is 11.8 Å². The molecule has 2 rings (SSSR count). The Bertz CT molecular complexity index is 155. The number of piperidine rings is 1. The molecular weight excluding hydrogens is 146 g/mol. The van der Waals surface area contributed by atoms with Crippen LogP contribution in [0.3, 0.4) is 0 Å². The molecule has 0 aromatic rings. The molecule has 0 spiro atoms. The maximum Gasteiger partial charge on any atom is 0.0123 e. The van der Waals surface area contributed by atoms with Crippen LogP contribution >= 0.6 is 0 Å². The van der Waals surface area contributed by atoms with Crippen LogP contribution in [-0.4, -0.2) is 12.1 Å². The second-order valence-electron chi connectivity index (χ2n) is 4.84. The summed E-state index contributed by atoms with van der Waals surface area (Å²) in [5.41, 5.74) is 0. The molecule has 2 fully saturated rings. The van der Waals surface area contributed by atoms with Crippen LogP contribution in [0.15, 0.2) is 0 Å². The van der Waals surface area contributed by atoms with Crippen molar-refractivity contribution in [2.24, 2.45) is 11.8 Å². The number of nitrogens with one attached hydrogen (secondary N) is 1. The van der Waals surface area contributed by atoms with Crippen molar-refractivity contribution < 1.29 is 0 Å². The molecule has 1 heterocycles. The standard InChI is InChI=1S/C11H21N/c1-8-4-3-5-10-7-6-9(2)12-11(8)10/h8-12H,3-7H2,1-2H3/t8-,9-,10-,11+/m1/s1. The van der Waals surface area contributed by atoms with Crippen LogP contribution in [0.1, 0.15) is 46.0 Å². The van der Waals surface area contributed by atoms with Crippen molar-refractivity contribution >= 4 is 0 Å². The van der Waals surface area contributed by atoms with E-state index in [1.54, 1.807) is 0 Å². The lowest BCUT2D eigenvalue weighted by molar-refractivity contribution is 0.134. The Morgan fingerprint density at radius 1 is 1.00 bits per heavy atom. The predicted octanol–water partition coefficient (Wildman–Crippen LogP) is 2.56. The zero-order valence-corrected chi connectivity index (χ0v) is 8.34. The fraction of sp³-hybridized carbons (Fsp3) is 1.00. The zero-order chi connectivity index (χ0) is 8.55. The molecule has 0 aromatic carbocycles. The van der Waals surface area contributed by atoms with E-state index in [1.165, 1.54) is 32.1 Å². The summed E-state index contributed by atoms with van der Waals surface area (Å²) in [6, 6.07) is 1.62. The molecule has 1 saturated heterocycles. The highest BCUT2D eigenvalue weighted by Crippen LogP contribution is 2.35. The molecular formula is C11H21N. The molecule has 0 radical (unpaired) electrons. The van der Waals surface area contributed by atoms with Crippen LogP contribution < -0.4 is 5.32 Å². The Labute approximate surface area is 75.9 Å². The average Bonchev–Trinajstić information content (AvgIpc) is 2.07. The van der Waals surface area contributed by atoms with Gasteiger partial charge in [-0.05, 0) is 44.4 Å². The summed E-state index contributed by atoms with van der Waals surface area (Å²) in [5, 5.41) is 3.77. The van der Waals surface area contributed by atoms with Gasteiger partial charge in [-0.15, -0.1) is 0 Å². The van der Waals surface area contributed by atoms with Gasteiger partial charge in [-0.1, -0.05) is 13.3 Å². The van der Waals surface area contributed by atoms with Crippen molar-refractivity contribution in [3.63, 3.8) is 0 Å². The van der Waals surface area contributed by atoms with E-state index in [2.05, 4.69) is 19.2 Å². The van der Waals surface area contributed by atoms with Gasteiger partial charge in [-0.2, -0.15) is 0 Å². The van der Waals surface area contributed by atoms with Gasteiger partial charge in [0.15, 0.2) is 0 Å². The highest BCUT2D eigenvalue weighted by atomic mass is 15.0. The van der Waals surface area contributed by atoms with E-state index in [1.807, 2.05) is 0 Å². The zero-order valence-electron chi connectivity index (χ0n) is 8.34. The fourth-order valence-corrected chi connectivity index (χ4v) is 3.03. The molecule has 1 heteroatoms. The van der Waals surface area contributed by atoms with Gasteiger partial charge in [-0.3, -0.25) is 0 Å². The van der Waals surface area contributed by atoms with Crippen LogP contribution in [-0.2, 0) is 0 Å². The lowest BCUT2D eigenvalue weighted by atomic mass is 9.73. The Balaban J connectivity index is 2.00. The lowest BCUT2D eigenvalue weighted by Crippen LogP contribution is -2.51. The largest absolute Gasteiger partial charge is 0.311 e. The molecule has 4 atom stereocenters. The van der Waals surface area contributed by atoms with Gasteiger partial charge in [0.2, 0.25) is 0 Å². The number of rotatable bonds is 0. The minimum Gasteiger partial charge on any atom is -0.311 e. The van der Waals surface area contributed by atoms with Crippen molar-refractivity contribution in [2.75, 3.05) is 0 Å². The average molecular weight is 167 g/mol. The summed E-state index contributed by atoms with van der Waals surface area (Å²) in [4.78, 5) is 0. The van der Waals surface area contributed by atoms with Gasteiger partial charge in [0.05, 0.1) is 0 Å². The lowest BCUT2D eigenvalue weighted by Gasteiger charge is -2.43. The van der Waals surface area contributed by atoms with E-state index in [9.17, 15) is 0 Å². The van der Waals surface area contributed by atoms with Crippen molar-refractivity contribution in [3.05, 3.63) is 0 Å². The highest BCUT2D eigenvalue weighted by molar-refractivity contribution is 4.90. The van der Waals surface area contributed by atoms with Gasteiger partial charge in [0.25, 0.3) is 0 Å². The number of hydrogen-bond donors (Lipinski definition) is 1. The monoisotopic (exact) mass is 167 g/mol. The maximum atomic E-state index is 3.77. The van der Waals surface area contributed by atoms with E-state index in [0.29, 0.717) is 0 Å². The van der Waals surface area contributed by atoms with Crippen molar-refractivity contribution in [1.82, 2.24) is 5.32 Å². The Morgan fingerprint density at radius 2 is 1.83 bits per heavy atom. The third kappa shape index (κ3) is 1.52. The highest BCUT2D eigenvalue weighted by Gasteiger charge is 2.34. The molecule has 0 bridgehead atoms. The fourth-order valence-electron chi connectivity index (χ4n) is 3.03. The van der Waals surface area contributed by atoms with E-state index in [-0.39, 0.29) is 0 Å². The minimum absolute atomic E-state index is 0.770. The second kappa shape index (κ2) is 3.37. The summed E-state index contributed by atoms with van der Waals surface area (Å²) in [5.74, 6) is 1.93. The summed E-state index contributed by atoms with van der Waals surface area (Å²) in [7, 11) is 0. The first-order valence-corrected chi connectivity index (χ1v) is 5.53. The normalized spacial score (nSPS) is 48.5.